The highest BCUT2D eigenvalue weighted by Crippen LogP contribution is 2.37. The van der Waals surface area contributed by atoms with E-state index in [0.717, 1.165) is 26.2 Å². The topological polar surface area (TPSA) is 59.9 Å². The maximum atomic E-state index is 12.7. The smallest absolute Gasteiger partial charge is 0.303 e. The van der Waals surface area contributed by atoms with Crippen LogP contribution in [-0.4, -0.2) is 34.9 Å². The lowest BCUT2D eigenvalue weighted by atomic mass is 9.90. The number of rotatable bonds is 6. The summed E-state index contributed by atoms with van der Waals surface area (Å²) in [6.07, 6.45) is -8.28. The maximum absolute atomic E-state index is 12.7. The third kappa shape index (κ3) is 4.51. The first-order chi connectivity index (χ1) is 10.9. The van der Waals surface area contributed by atoms with E-state index in [-0.39, 0.29) is 24.0 Å². The summed E-state index contributed by atoms with van der Waals surface area (Å²) in [5, 5.41) is 0. The second-order valence-corrected chi connectivity index (χ2v) is 5.35. The van der Waals surface area contributed by atoms with Gasteiger partial charge in [-0.05, 0) is 0 Å². The quantitative estimate of drug-likeness (QED) is 0.579. The molecular weight excluding hydrogens is 342 g/mol. The van der Waals surface area contributed by atoms with Gasteiger partial charge in [0.05, 0.1) is 11.4 Å². The number of hydrogen-bond donors (Lipinski definition) is 0. The Kier molecular flexibility index (Phi) is 6.07. The maximum Gasteiger partial charge on any atom is 0.398 e. The molecule has 0 aliphatic carbocycles. The van der Waals surface area contributed by atoms with Gasteiger partial charge in [-0.2, -0.15) is 26.3 Å². The van der Waals surface area contributed by atoms with Gasteiger partial charge >= 0.3 is 12.4 Å². The molecule has 134 valence electrons. The normalized spacial score (nSPS) is 17.7. The molecule has 0 amide bonds. The molecular formula is C14H14F6N2O2. The highest BCUT2D eigenvalue weighted by molar-refractivity contribution is 5.57. The van der Waals surface area contributed by atoms with E-state index in [1.165, 1.54) is 0 Å². The highest BCUT2D eigenvalue weighted by Gasteiger charge is 2.45. The summed E-state index contributed by atoms with van der Waals surface area (Å²) in [5.41, 5.74) is -0.370. The van der Waals surface area contributed by atoms with Crippen molar-refractivity contribution in [3.8, 4) is 0 Å². The van der Waals surface area contributed by atoms with Gasteiger partial charge < -0.3 is 9.59 Å². The standard InChI is InChI=1S/C14H14F6N2O2/c1-7(9(5-23)13(15,16)17)11-3-22-12(4-21-11)8(2)10(6-24)14(18,19)20/h3-10H,1-2H3. The zero-order valence-electron chi connectivity index (χ0n) is 12.6. The summed E-state index contributed by atoms with van der Waals surface area (Å²) in [6.45, 7) is 2.23. The van der Waals surface area contributed by atoms with Crippen molar-refractivity contribution in [3.63, 3.8) is 0 Å². The minimum Gasteiger partial charge on any atom is -0.303 e. The number of alkyl halides is 6. The lowest BCUT2D eigenvalue weighted by Crippen LogP contribution is -2.30. The van der Waals surface area contributed by atoms with Gasteiger partial charge in [0.15, 0.2) is 0 Å². The lowest BCUT2D eigenvalue weighted by molar-refractivity contribution is -0.180. The van der Waals surface area contributed by atoms with E-state index in [1.54, 1.807) is 0 Å². The zero-order valence-corrected chi connectivity index (χ0v) is 12.6. The molecule has 4 unspecified atom stereocenters. The molecule has 1 aromatic rings. The molecule has 1 heterocycles. The molecule has 0 saturated heterocycles. The Bertz CT molecular complexity index is 519. The lowest BCUT2D eigenvalue weighted by Gasteiger charge is -2.22. The molecule has 0 aliphatic rings. The number of aromatic nitrogens is 2. The summed E-state index contributed by atoms with van der Waals surface area (Å²) >= 11 is 0. The molecule has 0 aromatic carbocycles. The second-order valence-electron chi connectivity index (χ2n) is 5.35. The summed E-state index contributed by atoms with van der Waals surface area (Å²) in [4.78, 5) is 28.6. The van der Waals surface area contributed by atoms with Crippen molar-refractivity contribution in [2.45, 2.75) is 38.0 Å². The Labute approximate surface area is 133 Å². The van der Waals surface area contributed by atoms with Gasteiger partial charge in [0.1, 0.15) is 24.4 Å². The van der Waals surface area contributed by atoms with Crippen LogP contribution in [0, 0.1) is 11.8 Å². The first-order valence-electron chi connectivity index (χ1n) is 6.79. The van der Waals surface area contributed by atoms with Gasteiger partial charge in [0, 0.05) is 24.2 Å². The average molecular weight is 356 g/mol. The number of carbonyl (C=O) groups is 2. The Morgan fingerprint density at radius 3 is 1.25 bits per heavy atom. The van der Waals surface area contributed by atoms with Crippen LogP contribution >= 0.6 is 0 Å². The molecule has 0 aliphatic heterocycles. The molecule has 4 atom stereocenters. The Balaban J connectivity index is 3.04. The van der Waals surface area contributed by atoms with Crippen LogP contribution in [0.1, 0.15) is 37.1 Å². The number of nitrogens with zero attached hydrogens (tertiary/aromatic N) is 2. The highest BCUT2D eigenvalue weighted by atomic mass is 19.4. The first kappa shape index (κ1) is 20.0. The molecule has 0 fully saturated rings. The summed E-state index contributed by atoms with van der Waals surface area (Å²) in [5.74, 6) is -7.28. The number of hydrogen-bond acceptors (Lipinski definition) is 4. The van der Waals surface area contributed by atoms with Crippen LogP contribution in [0.25, 0.3) is 0 Å². The number of halogens is 6. The summed E-state index contributed by atoms with van der Waals surface area (Å²) in [6, 6.07) is 0. The zero-order chi connectivity index (χ0) is 18.7. The average Bonchev–Trinajstić information content (AvgIpc) is 2.45. The monoisotopic (exact) mass is 356 g/mol. The third-order valence-corrected chi connectivity index (χ3v) is 3.75. The molecule has 4 nitrogen and oxygen atoms in total. The van der Waals surface area contributed by atoms with Crippen LogP contribution in [0.3, 0.4) is 0 Å². The van der Waals surface area contributed by atoms with E-state index < -0.39 is 36.0 Å². The molecule has 0 radical (unpaired) electrons. The van der Waals surface area contributed by atoms with Gasteiger partial charge in [-0.25, -0.2) is 0 Å². The molecule has 0 saturated carbocycles. The molecule has 24 heavy (non-hydrogen) atoms. The predicted molar refractivity (Wildman–Crippen MR) is 70.1 cm³/mol. The van der Waals surface area contributed by atoms with Crippen molar-refractivity contribution in [2.24, 2.45) is 11.8 Å². The SMILES string of the molecule is CC(c1cnc(C(C)C(C=O)C(F)(F)F)cn1)C(C=O)C(F)(F)F. The van der Waals surface area contributed by atoms with Gasteiger partial charge in [0.25, 0.3) is 0 Å². The van der Waals surface area contributed by atoms with Crippen LogP contribution in [0.2, 0.25) is 0 Å². The van der Waals surface area contributed by atoms with Crippen molar-refractivity contribution in [2.75, 3.05) is 0 Å². The van der Waals surface area contributed by atoms with E-state index >= 15 is 0 Å². The molecule has 10 heteroatoms. The van der Waals surface area contributed by atoms with Crippen LogP contribution in [0.15, 0.2) is 12.4 Å². The van der Waals surface area contributed by atoms with Gasteiger partial charge in [-0.15, -0.1) is 0 Å². The Morgan fingerprint density at radius 1 is 0.792 bits per heavy atom. The molecule has 0 N–H and O–H groups in total. The van der Waals surface area contributed by atoms with Crippen LogP contribution in [-0.2, 0) is 9.59 Å². The van der Waals surface area contributed by atoms with E-state index in [4.69, 9.17) is 0 Å². The Morgan fingerprint density at radius 2 is 1.08 bits per heavy atom. The van der Waals surface area contributed by atoms with Crippen LogP contribution in [0.5, 0.6) is 0 Å². The van der Waals surface area contributed by atoms with Crippen molar-refractivity contribution < 1.29 is 35.9 Å². The third-order valence-electron chi connectivity index (χ3n) is 3.75. The van der Waals surface area contributed by atoms with Gasteiger partial charge in [0.2, 0.25) is 0 Å². The number of aldehydes is 2. The Hall–Kier alpha value is -2.00. The summed E-state index contributed by atoms with van der Waals surface area (Å²) < 4.78 is 76.2. The first-order valence-corrected chi connectivity index (χ1v) is 6.79. The van der Waals surface area contributed by atoms with Crippen molar-refractivity contribution in [1.29, 1.82) is 0 Å². The van der Waals surface area contributed by atoms with Gasteiger partial charge in [-0.1, -0.05) is 13.8 Å². The van der Waals surface area contributed by atoms with E-state index in [2.05, 4.69) is 9.97 Å². The molecule has 1 rings (SSSR count). The fourth-order valence-corrected chi connectivity index (χ4v) is 2.14. The van der Waals surface area contributed by atoms with Gasteiger partial charge in [-0.3, -0.25) is 9.97 Å². The van der Waals surface area contributed by atoms with Crippen molar-refractivity contribution in [3.05, 3.63) is 23.8 Å². The molecule has 0 bridgehead atoms. The fourth-order valence-electron chi connectivity index (χ4n) is 2.14. The summed E-state index contributed by atoms with van der Waals surface area (Å²) in [7, 11) is 0. The number of carbonyl (C=O) groups excluding carboxylic acids is 2. The largest absolute Gasteiger partial charge is 0.398 e. The molecule has 0 spiro atoms. The van der Waals surface area contributed by atoms with Crippen molar-refractivity contribution in [1.82, 2.24) is 9.97 Å². The second kappa shape index (κ2) is 7.27. The van der Waals surface area contributed by atoms with E-state index in [9.17, 15) is 35.9 Å². The van der Waals surface area contributed by atoms with E-state index in [0.29, 0.717) is 0 Å². The predicted octanol–water partition coefficient (Wildman–Crippen LogP) is 3.44. The fraction of sp³-hybridized carbons (Fsp3) is 0.571. The molecule has 1 aromatic heterocycles. The van der Waals surface area contributed by atoms with Crippen molar-refractivity contribution >= 4 is 12.6 Å². The van der Waals surface area contributed by atoms with Crippen LogP contribution < -0.4 is 0 Å². The minimum atomic E-state index is -4.77. The minimum absolute atomic E-state index is 0.185. The van der Waals surface area contributed by atoms with Crippen LogP contribution in [0.4, 0.5) is 26.3 Å². The van der Waals surface area contributed by atoms with E-state index in [1.807, 2.05) is 0 Å².